The number of amides is 1. The molecule has 1 aliphatic heterocycles. The van der Waals surface area contributed by atoms with Crippen LogP contribution in [0.5, 0.6) is 5.75 Å². The number of ether oxygens (including phenoxy) is 1. The van der Waals surface area contributed by atoms with E-state index in [4.69, 9.17) is 20.9 Å². The van der Waals surface area contributed by atoms with E-state index < -0.39 is 17.7 Å². The van der Waals surface area contributed by atoms with Crippen molar-refractivity contribution in [3.05, 3.63) is 82.1 Å². The highest BCUT2D eigenvalue weighted by Crippen LogP contribution is 2.42. The zero-order chi connectivity index (χ0) is 22.8. The maximum absolute atomic E-state index is 13.1. The molecular formula is C24H21ClN2O5. The van der Waals surface area contributed by atoms with Crippen molar-refractivity contribution >= 4 is 34.9 Å². The fraction of sp³-hybridized carbons (Fsp3) is 0.208. The lowest BCUT2D eigenvalue weighted by Gasteiger charge is -2.23. The minimum atomic E-state index is -0.916. The summed E-state index contributed by atoms with van der Waals surface area (Å²) in [6.07, 6.45) is 0.831. The van der Waals surface area contributed by atoms with E-state index in [9.17, 15) is 14.7 Å². The fourth-order valence-electron chi connectivity index (χ4n) is 3.61. The van der Waals surface area contributed by atoms with Gasteiger partial charge in [-0.15, -0.1) is 0 Å². The zero-order valence-electron chi connectivity index (χ0n) is 17.5. The van der Waals surface area contributed by atoms with Gasteiger partial charge < -0.3 is 14.4 Å². The van der Waals surface area contributed by atoms with E-state index in [1.165, 1.54) is 4.90 Å². The van der Waals surface area contributed by atoms with Gasteiger partial charge in [0, 0.05) is 16.7 Å². The van der Waals surface area contributed by atoms with Crippen LogP contribution in [0.4, 0.5) is 5.82 Å². The highest BCUT2D eigenvalue weighted by Gasteiger charge is 2.48. The maximum atomic E-state index is 13.1. The number of aliphatic hydroxyl groups is 1. The molecule has 1 aromatic heterocycles. The summed E-state index contributed by atoms with van der Waals surface area (Å²) in [7, 11) is 0. The molecule has 4 rings (SSSR count). The van der Waals surface area contributed by atoms with Crippen LogP contribution in [0, 0.1) is 6.92 Å². The lowest BCUT2D eigenvalue weighted by atomic mass is 9.95. The lowest BCUT2D eigenvalue weighted by molar-refractivity contribution is -0.132. The fourth-order valence-corrected chi connectivity index (χ4v) is 3.73. The van der Waals surface area contributed by atoms with E-state index >= 15 is 0 Å². The van der Waals surface area contributed by atoms with Crippen LogP contribution >= 0.6 is 11.6 Å². The predicted octanol–water partition coefficient (Wildman–Crippen LogP) is 5.05. The number of rotatable bonds is 6. The third kappa shape index (κ3) is 3.99. The summed E-state index contributed by atoms with van der Waals surface area (Å²) < 4.78 is 10.9. The molecule has 3 aromatic rings. The molecule has 32 heavy (non-hydrogen) atoms. The van der Waals surface area contributed by atoms with Crippen LogP contribution in [0.3, 0.4) is 0 Å². The first-order chi connectivity index (χ1) is 15.4. The van der Waals surface area contributed by atoms with Gasteiger partial charge in [0.15, 0.2) is 5.82 Å². The van der Waals surface area contributed by atoms with Crippen molar-refractivity contribution in [3.8, 4) is 5.75 Å². The summed E-state index contributed by atoms with van der Waals surface area (Å²) in [5.74, 6) is -0.657. The number of aromatic nitrogens is 1. The van der Waals surface area contributed by atoms with Crippen molar-refractivity contribution in [2.24, 2.45) is 0 Å². The Balaban J connectivity index is 1.90. The Labute approximate surface area is 189 Å². The Bertz CT molecular complexity index is 1200. The molecule has 7 nitrogen and oxygen atoms in total. The summed E-state index contributed by atoms with van der Waals surface area (Å²) in [5.41, 5.74) is 0.909. The van der Waals surface area contributed by atoms with Crippen molar-refractivity contribution in [2.75, 3.05) is 11.5 Å². The van der Waals surface area contributed by atoms with Crippen LogP contribution in [0.2, 0.25) is 5.02 Å². The highest BCUT2D eigenvalue weighted by atomic mass is 35.5. The number of nitrogens with zero attached hydrogens (tertiary/aromatic N) is 2. The Morgan fingerprint density at radius 2 is 1.94 bits per heavy atom. The number of hydrogen-bond donors (Lipinski definition) is 1. The standard InChI is InChI=1S/C24H21ClN2O5/c1-3-11-31-18-6-4-5-16(13-18)21-20(22(28)15-7-9-17(25)10-8-15)23(29)24(30)27(21)19-12-14(2)32-26-19/h4-10,12-13,21,28H,3,11H2,1-2H3/t21-/m1/s1. The molecule has 1 saturated heterocycles. The van der Waals surface area contributed by atoms with E-state index in [0.29, 0.717) is 34.3 Å². The number of anilines is 1. The van der Waals surface area contributed by atoms with E-state index in [0.717, 1.165) is 6.42 Å². The molecule has 0 aliphatic carbocycles. The molecular weight excluding hydrogens is 432 g/mol. The number of aliphatic hydroxyl groups excluding tert-OH is 1. The number of halogens is 1. The van der Waals surface area contributed by atoms with Gasteiger partial charge >= 0.3 is 5.91 Å². The van der Waals surface area contributed by atoms with Crippen LogP contribution < -0.4 is 9.64 Å². The molecule has 1 fully saturated rings. The number of carbonyl (C=O) groups excluding carboxylic acids is 2. The van der Waals surface area contributed by atoms with Crippen LogP contribution in [0.25, 0.3) is 5.76 Å². The molecule has 2 heterocycles. The minimum absolute atomic E-state index is 0.0504. The second-order valence-electron chi connectivity index (χ2n) is 7.39. The monoisotopic (exact) mass is 452 g/mol. The normalized spacial score (nSPS) is 17.7. The molecule has 0 radical (unpaired) electrons. The van der Waals surface area contributed by atoms with Crippen LogP contribution in [-0.2, 0) is 9.59 Å². The van der Waals surface area contributed by atoms with Gasteiger partial charge in [-0.25, -0.2) is 0 Å². The van der Waals surface area contributed by atoms with Crippen molar-refractivity contribution in [1.29, 1.82) is 0 Å². The average molecular weight is 453 g/mol. The van der Waals surface area contributed by atoms with E-state index in [1.807, 2.05) is 6.92 Å². The van der Waals surface area contributed by atoms with Gasteiger partial charge in [-0.1, -0.05) is 35.8 Å². The molecule has 1 amide bonds. The Morgan fingerprint density at radius 1 is 1.19 bits per heavy atom. The number of aryl methyl sites for hydroxylation is 1. The molecule has 1 atom stereocenters. The van der Waals surface area contributed by atoms with Crippen molar-refractivity contribution in [1.82, 2.24) is 5.16 Å². The van der Waals surface area contributed by atoms with Gasteiger partial charge in [-0.05, 0) is 55.3 Å². The number of benzene rings is 2. The topological polar surface area (TPSA) is 92.9 Å². The van der Waals surface area contributed by atoms with Gasteiger partial charge in [-0.3, -0.25) is 14.5 Å². The lowest BCUT2D eigenvalue weighted by Crippen LogP contribution is -2.29. The van der Waals surface area contributed by atoms with E-state index in [-0.39, 0.29) is 17.2 Å². The summed E-state index contributed by atoms with van der Waals surface area (Å²) >= 11 is 5.96. The maximum Gasteiger partial charge on any atom is 0.301 e. The average Bonchev–Trinajstić information content (AvgIpc) is 3.33. The number of hydrogen-bond acceptors (Lipinski definition) is 6. The Morgan fingerprint density at radius 3 is 2.59 bits per heavy atom. The zero-order valence-corrected chi connectivity index (χ0v) is 18.3. The molecule has 1 N–H and O–H groups in total. The van der Waals surface area contributed by atoms with Crippen molar-refractivity contribution in [3.63, 3.8) is 0 Å². The Hall–Kier alpha value is -3.58. The van der Waals surface area contributed by atoms with Crippen molar-refractivity contribution < 1.29 is 24.0 Å². The molecule has 1 aliphatic rings. The first-order valence-corrected chi connectivity index (χ1v) is 10.5. The van der Waals surface area contributed by atoms with Crippen LogP contribution in [-0.4, -0.2) is 28.6 Å². The van der Waals surface area contributed by atoms with Gasteiger partial charge in [0.25, 0.3) is 5.78 Å². The number of Topliss-reactive ketones (excluding diaryl/α,β-unsaturated/α-hetero) is 1. The molecule has 164 valence electrons. The van der Waals surface area contributed by atoms with Gasteiger partial charge in [0.2, 0.25) is 0 Å². The second-order valence-corrected chi connectivity index (χ2v) is 7.83. The highest BCUT2D eigenvalue weighted by molar-refractivity contribution is 6.51. The smallest absolute Gasteiger partial charge is 0.301 e. The van der Waals surface area contributed by atoms with Gasteiger partial charge in [0.1, 0.15) is 17.3 Å². The summed E-state index contributed by atoms with van der Waals surface area (Å²) in [4.78, 5) is 27.4. The SMILES string of the molecule is CCCOc1cccc([C@@H]2C(=C(O)c3ccc(Cl)cc3)C(=O)C(=O)N2c2cc(C)on2)c1. The van der Waals surface area contributed by atoms with Gasteiger partial charge in [-0.2, -0.15) is 0 Å². The molecule has 2 aromatic carbocycles. The number of ketones is 1. The summed E-state index contributed by atoms with van der Waals surface area (Å²) in [5, 5.41) is 15.5. The summed E-state index contributed by atoms with van der Waals surface area (Å²) in [6, 6.07) is 14.1. The summed E-state index contributed by atoms with van der Waals surface area (Å²) in [6.45, 7) is 4.21. The largest absolute Gasteiger partial charge is 0.507 e. The van der Waals surface area contributed by atoms with Crippen LogP contribution in [0.15, 0.2) is 64.7 Å². The van der Waals surface area contributed by atoms with Gasteiger partial charge in [0.05, 0.1) is 18.2 Å². The molecule has 0 unspecified atom stereocenters. The Kier molecular flexibility index (Phi) is 6.01. The molecule has 0 spiro atoms. The molecule has 0 bridgehead atoms. The molecule has 8 heteroatoms. The molecule has 0 saturated carbocycles. The van der Waals surface area contributed by atoms with E-state index in [1.54, 1.807) is 61.5 Å². The number of carbonyl (C=O) groups is 2. The van der Waals surface area contributed by atoms with Crippen LogP contribution in [0.1, 0.15) is 36.3 Å². The predicted molar refractivity (Wildman–Crippen MR) is 120 cm³/mol. The van der Waals surface area contributed by atoms with Crippen molar-refractivity contribution in [2.45, 2.75) is 26.3 Å². The van der Waals surface area contributed by atoms with E-state index in [2.05, 4.69) is 5.16 Å². The second kappa shape index (κ2) is 8.88. The third-order valence-corrected chi connectivity index (χ3v) is 5.32. The quantitative estimate of drug-likeness (QED) is 0.319. The first kappa shape index (κ1) is 21.6. The minimum Gasteiger partial charge on any atom is -0.507 e. The third-order valence-electron chi connectivity index (χ3n) is 5.07. The first-order valence-electron chi connectivity index (χ1n) is 10.1.